The van der Waals surface area contributed by atoms with Gasteiger partial charge in [-0.25, -0.2) is 8.42 Å². The largest absolute Gasteiger partial charge is 0.309 e. The molecule has 1 saturated carbocycles. The van der Waals surface area contributed by atoms with E-state index in [2.05, 4.69) is 5.32 Å². The normalized spacial score (nSPS) is 16.3. The van der Waals surface area contributed by atoms with E-state index in [0.717, 1.165) is 17.0 Å². The van der Waals surface area contributed by atoms with Gasteiger partial charge in [-0.3, -0.25) is 0 Å². The van der Waals surface area contributed by atoms with Crippen LogP contribution in [0.3, 0.4) is 0 Å². The van der Waals surface area contributed by atoms with Gasteiger partial charge in [0, 0.05) is 30.1 Å². The number of sulfonamides is 1. The minimum atomic E-state index is -3.35. The van der Waals surface area contributed by atoms with Crippen LogP contribution in [0.1, 0.15) is 44.1 Å². The van der Waals surface area contributed by atoms with Crippen LogP contribution in [0.5, 0.6) is 0 Å². The van der Waals surface area contributed by atoms with Crippen LogP contribution >= 0.6 is 11.3 Å². The first-order chi connectivity index (χ1) is 9.36. The van der Waals surface area contributed by atoms with Crippen LogP contribution in [0.4, 0.5) is 0 Å². The second-order valence-corrected chi connectivity index (χ2v) is 8.88. The fourth-order valence-corrected chi connectivity index (χ4v) is 5.56. The number of aryl methyl sites for hydroxylation is 1. The molecule has 0 radical (unpaired) electrons. The minimum absolute atomic E-state index is 0.0135. The number of hydrogen-bond donors (Lipinski definition) is 1. The first kappa shape index (κ1) is 15.9. The van der Waals surface area contributed by atoms with Gasteiger partial charge in [0.2, 0.25) is 0 Å². The molecule has 1 aliphatic carbocycles. The monoisotopic (exact) mass is 316 g/mol. The fraction of sp³-hybridized carbons (Fsp3) is 0.714. The molecule has 1 aromatic rings. The van der Waals surface area contributed by atoms with E-state index in [-0.39, 0.29) is 6.04 Å². The SMILES string of the molecule is CCN(C(C)C)S(=O)(=O)c1cc(C)c(CNC2CC2)s1. The number of thiophene rings is 1. The molecule has 0 unspecified atom stereocenters. The highest BCUT2D eigenvalue weighted by Gasteiger charge is 2.28. The summed E-state index contributed by atoms with van der Waals surface area (Å²) >= 11 is 1.41. The molecule has 0 aliphatic heterocycles. The standard InChI is InChI=1S/C14H24N2O2S2/c1-5-16(10(2)3)20(17,18)14-8-11(4)13(19-14)9-15-12-6-7-12/h8,10,12,15H,5-7,9H2,1-4H3. The van der Waals surface area contributed by atoms with Gasteiger partial charge in [-0.15, -0.1) is 11.3 Å². The Bertz CT molecular complexity index is 560. The number of hydrogen-bond acceptors (Lipinski definition) is 4. The average Bonchev–Trinajstić information content (AvgIpc) is 3.10. The fourth-order valence-electron chi connectivity index (χ4n) is 2.24. The summed E-state index contributed by atoms with van der Waals surface area (Å²) in [6, 6.07) is 2.44. The van der Waals surface area contributed by atoms with Crippen molar-refractivity contribution in [2.24, 2.45) is 0 Å². The topological polar surface area (TPSA) is 49.4 Å². The van der Waals surface area contributed by atoms with Crippen LogP contribution in [0.15, 0.2) is 10.3 Å². The second-order valence-electron chi connectivity index (χ2n) is 5.63. The third kappa shape index (κ3) is 3.42. The van der Waals surface area contributed by atoms with Crippen LogP contribution in [-0.4, -0.2) is 31.4 Å². The molecule has 114 valence electrons. The first-order valence-corrected chi connectivity index (χ1v) is 9.46. The molecule has 1 aromatic heterocycles. The first-order valence-electron chi connectivity index (χ1n) is 7.20. The third-order valence-corrected chi connectivity index (χ3v) is 7.41. The molecule has 0 atom stereocenters. The Labute approximate surface area is 126 Å². The van der Waals surface area contributed by atoms with Crippen molar-refractivity contribution in [2.45, 2.75) is 63.4 Å². The summed E-state index contributed by atoms with van der Waals surface area (Å²) in [5, 5.41) is 3.45. The Balaban J connectivity index is 2.20. The molecule has 0 amide bonds. The van der Waals surface area contributed by atoms with E-state index >= 15 is 0 Å². The molecule has 0 saturated heterocycles. The Hall–Kier alpha value is -0.430. The molecule has 20 heavy (non-hydrogen) atoms. The van der Waals surface area contributed by atoms with Gasteiger partial charge in [0.25, 0.3) is 10.0 Å². The average molecular weight is 316 g/mol. The molecule has 2 rings (SSSR count). The Morgan fingerprint density at radius 3 is 2.60 bits per heavy atom. The van der Waals surface area contributed by atoms with Gasteiger partial charge < -0.3 is 5.32 Å². The van der Waals surface area contributed by atoms with Crippen LogP contribution in [0, 0.1) is 6.92 Å². The summed E-state index contributed by atoms with van der Waals surface area (Å²) < 4.78 is 27.3. The molecule has 1 aliphatic rings. The van der Waals surface area contributed by atoms with Crippen molar-refractivity contribution in [3.63, 3.8) is 0 Å². The molecule has 0 aromatic carbocycles. The summed E-state index contributed by atoms with van der Waals surface area (Å²) in [6.07, 6.45) is 2.49. The van der Waals surface area contributed by atoms with E-state index < -0.39 is 10.0 Å². The summed E-state index contributed by atoms with van der Waals surface area (Å²) in [4.78, 5) is 1.13. The number of nitrogens with one attached hydrogen (secondary N) is 1. The highest BCUT2D eigenvalue weighted by atomic mass is 32.2. The summed E-state index contributed by atoms with van der Waals surface area (Å²) in [5.41, 5.74) is 1.07. The van der Waals surface area contributed by atoms with Crippen LogP contribution in [0.25, 0.3) is 0 Å². The number of nitrogens with zero attached hydrogens (tertiary/aromatic N) is 1. The van der Waals surface area contributed by atoms with Crippen LogP contribution in [0.2, 0.25) is 0 Å². The Morgan fingerprint density at radius 2 is 2.10 bits per heavy atom. The summed E-state index contributed by atoms with van der Waals surface area (Å²) in [5.74, 6) is 0. The van der Waals surface area contributed by atoms with Gasteiger partial charge in [-0.2, -0.15) is 4.31 Å². The molecule has 0 bridgehead atoms. The van der Waals surface area contributed by atoms with E-state index in [4.69, 9.17) is 0 Å². The van der Waals surface area contributed by atoms with E-state index in [1.165, 1.54) is 24.2 Å². The molecular formula is C14H24N2O2S2. The lowest BCUT2D eigenvalue weighted by Gasteiger charge is -2.23. The summed E-state index contributed by atoms with van der Waals surface area (Å²) in [6.45, 7) is 8.99. The van der Waals surface area contributed by atoms with E-state index in [1.54, 1.807) is 4.31 Å². The molecule has 1 heterocycles. The maximum Gasteiger partial charge on any atom is 0.252 e. The zero-order valence-electron chi connectivity index (χ0n) is 12.6. The van der Waals surface area contributed by atoms with Gasteiger partial charge in [0.05, 0.1) is 0 Å². The third-order valence-electron chi connectivity index (χ3n) is 3.58. The molecular weight excluding hydrogens is 292 g/mol. The molecule has 1 N–H and O–H groups in total. The maximum atomic E-state index is 12.6. The second kappa shape index (κ2) is 6.13. The van der Waals surface area contributed by atoms with Crippen molar-refractivity contribution >= 4 is 21.4 Å². The van der Waals surface area contributed by atoms with Crippen LogP contribution in [-0.2, 0) is 16.6 Å². The minimum Gasteiger partial charge on any atom is -0.309 e. The lowest BCUT2D eigenvalue weighted by atomic mass is 10.3. The zero-order chi connectivity index (χ0) is 14.9. The lowest BCUT2D eigenvalue weighted by molar-refractivity contribution is 0.370. The molecule has 6 heteroatoms. The predicted octanol–water partition coefficient (Wildman–Crippen LogP) is 2.73. The highest BCUT2D eigenvalue weighted by Crippen LogP contribution is 2.30. The quantitative estimate of drug-likeness (QED) is 0.841. The van der Waals surface area contributed by atoms with E-state index in [1.807, 2.05) is 33.8 Å². The van der Waals surface area contributed by atoms with E-state index in [0.29, 0.717) is 16.8 Å². The van der Waals surface area contributed by atoms with Crippen molar-refractivity contribution in [3.05, 3.63) is 16.5 Å². The van der Waals surface area contributed by atoms with Crippen molar-refractivity contribution in [1.29, 1.82) is 0 Å². The Kier molecular flexibility index (Phi) is 4.89. The van der Waals surface area contributed by atoms with Gasteiger partial charge >= 0.3 is 0 Å². The summed E-state index contributed by atoms with van der Waals surface area (Å²) in [7, 11) is -3.35. The lowest BCUT2D eigenvalue weighted by Crippen LogP contribution is -2.36. The van der Waals surface area contributed by atoms with Gasteiger partial charge in [0.1, 0.15) is 4.21 Å². The smallest absolute Gasteiger partial charge is 0.252 e. The van der Waals surface area contributed by atoms with Crippen molar-refractivity contribution in [1.82, 2.24) is 9.62 Å². The van der Waals surface area contributed by atoms with Gasteiger partial charge in [-0.05, 0) is 45.2 Å². The Morgan fingerprint density at radius 1 is 1.45 bits per heavy atom. The van der Waals surface area contributed by atoms with Crippen LogP contribution < -0.4 is 5.32 Å². The number of rotatable bonds is 7. The van der Waals surface area contributed by atoms with Crippen molar-refractivity contribution in [3.8, 4) is 0 Å². The molecule has 4 nitrogen and oxygen atoms in total. The maximum absolute atomic E-state index is 12.6. The van der Waals surface area contributed by atoms with Crippen molar-refractivity contribution < 1.29 is 8.42 Å². The zero-order valence-corrected chi connectivity index (χ0v) is 14.3. The van der Waals surface area contributed by atoms with Gasteiger partial charge in [-0.1, -0.05) is 6.92 Å². The van der Waals surface area contributed by atoms with Gasteiger partial charge in [0.15, 0.2) is 0 Å². The highest BCUT2D eigenvalue weighted by molar-refractivity contribution is 7.91. The van der Waals surface area contributed by atoms with Crippen molar-refractivity contribution in [2.75, 3.05) is 6.54 Å². The molecule has 1 fully saturated rings. The van der Waals surface area contributed by atoms with E-state index in [9.17, 15) is 8.42 Å². The predicted molar refractivity (Wildman–Crippen MR) is 83.6 cm³/mol. The molecule has 0 spiro atoms.